The maximum Gasteiger partial charge on any atom is 0.264 e. The Morgan fingerprint density at radius 3 is 2.40 bits per heavy atom. The number of anilines is 2. The van der Waals surface area contributed by atoms with Gasteiger partial charge in [-0.25, -0.2) is 31.9 Å². The van der Waals surface area contributed by atoms with Crippen molar-refractivity contribution < 1.29 is 26.7 Å². The van der Waals surface area contributed by atoms with Gasteiger partial charge in [-0.2, -0.15) is 4.98 Å². The van der Waals surface area contributed by atoms with E-state index in [0.29, 0.717) is 23.6 Å². The van der Waals surface area contributed by atoms with Crippen LogP contribution >= 0.6 is 0 Å². The maximum absolute atomic E-state index is 14.5. The number of aryl methyl sites for hydroxylation is 2. The van der Waals surface area contributed by atoms with Gasteiger partial charge in [-0.3, -0.25) is 9.78 Å². The SMILES string of the molecule is Cc1cccc(C)c1-c1cc2nc(n1)NS(=O)(=O)c1cccc(c1)C(=O)N(Cc1cncc(N(C)C3CC(F)(F)C3)n1)[C@H](CC(C)(C)C)CO2. The third kappa shape index (κ3) is 7.69. The summed E-state index contributed by atoms with van der Waals surface area (Å²) in [6, 6.07) is 12.4. The lowest BCUT2D eigenvalue weighted by molar-refractivity contribution is -0.0850. The average molecular weight is 706 g/mol. The van der Waals surface area contributed by atoms with E-state index in [4.69, 9.17) is 9.72 Å². The van der Waals surface area contributed by atoms with Crippen molar-refractivity contribution in [3.8, 4) is 17.1 Å². The molecule has 1 fully saturated rings. The lowest BCUT2D eigenvalue weighted by Gasteiger charge is -2.41. The highest BCUT2D eigenvalue weighted by atomic mass is 32.2. The van der Waals surface area contributed by atoms with Crippen LogP contribution in [0.1, 0.15) is 67.2 Å². The Morgan fingerprint density at radius 2 is 1.72 bits per heavy atom. The molecule has 3 heterocycles. The van der Waals surface area contributed by atoms with Gasteiger partial charge in [-0.15, -0.1) is 0 Å². The maximum atomic E-state index is 14.5. The first-order valence-electron chi connectivity index (χ1n) is 16.4. The quantitative estimate of drug-likeness (QED) is 0.241. The molecule has 2 aromatic heterocycles. The number of benzene rings is 2. The van der Waals surface area contributed by atoms with Crippen LogP contribution in [0.5, 0.6) is 5.88 Å². The van der Waals surface area contributed by atoms with E-state index in [2.05, 4.69) is 40.4 Å². The van der Waals surface area contributed by atoms with Gasteiger partial charge in [0.1, 0.15) is 12.4 Å². The molecule has 0 unspecified atom stereocenters. The molecule has 0 spiro atoms. The zero-order chi connectivity index (χ0) is 36.0. The second-order valence-electron chi connectivity index (χ2n) is 14.4. The first-order valence-corrected chi connectivity index (χ1v) is 17.9. The molecule has 1 N–H and O–H groups in total. The number of sulfonamides is 1. The summed E-state index contributed by atoms with van der Waals surface area (Å²) in [5, 5.41) is 0. The number of carbonyl (C=O) groups excluding carboxylic acids is 1. The largest absolute Gasteiger partial charge is 0.475 e. The molecule has 1 aliphatic heterocycles. The summed E-state index contributed by atoms with van der Waals surface area (Å²) < 4.78 is 63.5. The normalized spacial score (nSPS) is 18.8. The van der Waals surface area contributed by atoms with Crippen LogP contribution in [0.3, 0.4) is 0 Å². The van der Waals surface area contributed by atoms with E-state index in [1.165, 1.54) is 30.6 Å². The van der Waals surface area contributed by atoms with Gasteiger partial charge in [0.25, 0.3) is 21.9 Å². The number of hydrogen-bond donors (Lipinski definition) is 1. The van der Waals surface area contributed by atoms with Gasteiger partial charge in [0, 0.05) is 43.1 Å². The van der Waals surface area contributed by atoms with E-state index in [1.807, 2.05) is 32.0 Å². The smallest absolute Gasteiger partial charge is 0.264 e. The van der Waals surface area contributed by atoms with Gasteiger partial charge < -0.3 is 14.5 Å². The first-order chi connectivity index (χ1) is 23.5. The van der Waals surface area contributed by atoms with Crippen molar-refractivity contribution >= 4 is 27.7 Å². The van der Waals surface area contributed by atoms with Crippen molar-refractivity contribution in [2.75, 3.05) is 23.3 Å². The number of aromatic nitrogens is 4. The second-order valence-corrected chi connectivity index (χ2v) is 16.1. The molecule has 6 rings (SSSR count). The third-order valence-electron chi connectivity index (χ3n) is 9.01. The monoisotopic (exact) mass is 705 g/mol. The Hall–Kier alpha value is -4.72. The number of nitrogens with zero attached hydrogens (tertiary/aromatic N) is 6. The van der Waals surface area contributed by atoms with Crippen molar-refractivity contribution in [2.45, 2.75) is 83.3 Å². The van der Waals surface area contributed by atoms with Crippen molar-refractivity contribution in [1.29, 1.82) is 0 Å². The molecule has 1 aliphatic carbocycles. The van der Waals surface area contributed by atoms with E-state index in [1.54, 1.807) is 29.0 Å². The van der Waals surface area contributed by atoms with E-state index in [0.717, 1.165) is 16.7 Å². The van der Waals surface area contributed by atoms with E-state index in [-0.39, 0.29) is 59.7 Å². The molecule has 264 valence electrons. The number of alkyl halides is 2. The molecule has 4 bridgehead atoms. The number of hydrogen-bond acceptors (Lipinski definition) is 9. The van der Waals surface area contributed by atoms with Gasteiger partial charge >= 0.3 is 0 Å². The van der Waals surface area contributed by atoms with Gasteiger partial charge in [-0.1, -0.05) is 45.0 Å². The molecule has 14 heteroatoms. The predicted molar refractivity (Wildman–Crippen MR) is 186 cm³/mol. The van der Waals surface area contributed by atoms with Crippen LogP contribution in [-0.4, -0.2) is 70.8 Å². The highest BCUT2D eigenvalue weighted by Gasteiger charge is 2.47. The first kappa shape index (κ1) is 35.1. The van der Waals surface area contributed by atoms with Gasteiger partial charge in [-0.05, 0) is 55.0 Å². The molecular weight excluding hydrogens is 665 g/mol. The van der Waals surface area contributed by atoms with Crippen LogP contribution < -0.4 is 14.4 Å². The number of nitrogens with one attached hydrogen (secondary N) is 1. The number of amides is 1. The number of ether oxygens (including phenoxy) is 1. The lowest BCUT2D eigenvalue weighted by atomic mass is 9.87. The molecule has 1 saturated carbocycles. The third-order valence-corrected chi connectivity index (χ3v) is 10.3. The minimum absolute atomic E-state index is 0.00362. The van der Waals surface area contributed by atoms with Crippen molar-refractivity contribution in [2.24, 2.45) is 5.41 Å². The Kier molecular flexibility index (Phi) is 9.27. The van der Waals surface area contributed by atoms with Crippen LogP contribution in [0.2, 0.25) is 0 Å². The van der Waals surface area contributed by atoms with E-state index >= 15 is 0 Å². The zero-order valence-electron chi connectivity index (χ0n) is 28.9. The van der Waals surface area contributed by atoms with Crippen molar-refractivity contribution in [3.63, 3.8) is 0 Å². The zero-order valence-corrected chi connectivity index (χ0v) is 29.8. The number of halogens is 2. The standard InChI is InChI=1S/C36H41F2N7O4S/c1-22-9-7-10-23(2)32(22)29-14-31-42-34(41-29)43-50(47,48)28-12-8-11-24(13-28)33(46)45(27(21-49-31)15-35(3,4)5)20-25-18-39-19-30(40-25)44(6)26-16-36(37,38)17-26/h7-14,18-19,26-27H,15-17,20-21H2,1-6H3,(H,41,42,43)/t27-/m1/s1. The predicted octanol–water partition coefficient (Wildman–Crippen LogP) is 6.42. The van der Waals surface area contributed by atoms with Crippen molar-refractivity contribution in [3.05, 3.63) is 83.3 Å². The Bertz CT molecular complexity index is 2010. The molecule has 1 atom stereocenters. The van der Waals surface area contributed by atoms with Crippen LogP contribution in [-0.2, 0) is 16.6 Å². The summed E-state index contributed by atoms with van der Waals surface area (Å²) in [4.78, 5) is 35.7. The summed E-state index contributed by atoms with van der Waals surface area (Å²) in [5.41, 5.74) is 3.50. The summed E-state index contributed by atoms with van der Waals surface area (Å²) in [7, 11) is -2.53. The molecule has 50 heavy (non-hydrogen) atoms. The average Bonchev–Trinajstić information content (AvgIpc) is 3.03. The summed E-state index contributed by atoms with van der Waals surface area (Å²) in [6.07, 6.45) is 3.01. The lowest BCUT2D eigenvalue weighted by Crippen LogP contribution is -2.49. The highest BCUT2D eigenvalue weighted by molar-refractivity contribution is 7.92. The fourth-order valence-electron chi connectivity index (χ4n) is 6.45. The van der Waals surface area contributed by atoms with Gasteiger partial charge in [0.15, 0.2) is 0 Å². The molecule has 0 radical (unpaired) electrons. The minimum Gasteiger partial charge on any atom is -0.475 e. The molecule has 11 nitrogen and oxygen atoms in total. The highest BCUT2D eigenvalue weighted by Crippen LogP contribution is 2.41. The van der Waals surface area contributed by atoms with Crippen LogP contribution in [0.15, 0.2) is 65.8 Å². The molecule has 0 saturated heterocycles. The Balaban J connectivity index is 1.44. The molecule has 2 aromatic carbocycles. The summed E-state index contributed by atoms with van der Waals surface area (Å²) >= 11 is 0. The second kappa shape index (κ2) is 13.2. The summed E-state index contributed by atoms with van der Waals surface area (Å²) in [5.74, 6) is -2.76. The van der Waals surface area contributed by atoms with E-state index < -0.39 is 27.9 Å². The Morgan fingerprint density at radius 1 is 1.02 bits per heavy atom. The van der Waals surface area contributed by atoms with E-state index in [9.17, 15) is 22.0 Å². The van der Waals surface area contributed by atoms with Crippen LogP contribution in [0.4, 0.5) is 20.5 Å². The fraction of sp³-hybridized carbons (Fsp3) is 0.417. The minimum atomic E-state index is -4.23. The van der Waals surface area contributed by atoms with Crippen LogP contribution in [0, 0.1) is 19.3 Å². The number of carbonyl (C=O) groups is 1. The van der Waals surface area contributed by atoms with Gasteiger partial charge in [0.05, 0.1) is 41.3 Å². The van der Waals surface area contributed by atoms with Crippen molar-refractivity contribution in [1.82, 2.24) is 24.8 Å². The molecular formula is C36H41F2N7O4S. The molecule has 2 aliphatic rings. The topological polar surface area (TPSA) is 131 Å². The molecule has 4 aromatic rings. The van der Waals surface area contributed by atoms with Crippen LogP contribution in [0.25, 0.3) is 11.3 Å². The fourth-order valence-corrected chi connectivity index (χ4v) is 7.44. The van der Waals surface area contributed by atoms with Gasteiger partial charge in [0.2, 0.25) is 11.8 Å². The molecule has 1 amide bonds. The summed E-state index contributed by atoms with van der Waals surface area (Å²) in [6.45, 7) is 10.1. The Labute approximate surface area is 291 Å². The number of rotatable bonds is 6. The number of fused-ring (bicyclic) bond motifs is 4.